The number of carbonyl (C=O) groups is 2. The van der Waals surface area contributed by atoms with E-state index in [9.17, 15) is 9.59 Å². The van der Waals surface area contributed by atoms with Crippen LogP contribution in [0, 0.1) is 5.41 Å². The minimum Gasteiger partial charge on any atom is -0.460 e. The van der Waals surface area contributed by atoms with E-state index in [0.717, 1.165) is 25.7 Å². The summed E-state index contributed by atoms with van der Waals surface area (Å²) in [4.78, 5) is 23.0. The van der Waals surface area contributed by atoms with Crippen molar-refractivity contribution in [3.8, 4) is 0 Å². The monoisotopic (exact) mass is 242 g/mol. The van der Waals surface area contributed by atoms with Crippen LogP contribution in [0.2, 0.25) is 0 Å². The Labute approximate surface area is 103 Å². The average Bonchev–Trinajstić information content (AvgIpc) is 2.78. The van der Waals surface area contributed by atoms with Crippen LogP contribution in [0.1, 0.15) is 52.9 Å². The third-order valence-corrected chi connectivity index (χ3v) is 3.36. The van der Waals surface area contributed by atoms with Crippen LogP contribution in [-0.4, -0.2) is 24.6 Å². The molecule has 1 aliphatic rings. The molecule has 0 radical (unpaired) electrons. The summed E-state index contributed by atoms with van der Waals surface area (Å²) in [5, 5.41) is 0. The van der Waals surface area contributed by atoms with Crippen molar-refractivity contribution < 1.29 is 19.1 Å². The molecule has 17 heavy (non-hydrogen) atoms. The lowest BCUT2D eigenvalue weighted by atomic mass is 9.91. The lowest BCUT2D eigenvalue weighted by Gasteiger charge is -2.20. The summed E-state index contributed by atoms with van der Waals surface area (Å²) in [6.07, 6.45) is 4.80. The van der Waals surface area contributed by atoms with E-state index in [-0.39, 0.29) is 18.7 Å². The van der Waals surface area contributed by atoms with Gasteiger partial charge in [0.2, 0.25) is 0 Å². The van der Waals surface area contributed by atoms with Crippen molar-refractivity contribution in [1.82, 2.24) is 0 Å². The van der Waals surface area contributed by atoms with Gasteiger partial charge in [0.1, 0.15) is 6.10 Å². The molecular weight excluding hydrogens is 220 g/mol. The largest absolute Gasteiger partial charge is 0.460 e. The van der Waals surface area contributed by atoms with Crippen LogP contribution >= 0.6 is 0 Å². The second-order valence-electron chi connectivity index (χ2n) is 5.21. The predicted octanol–water partition coefficient (Wildman–Crippen LogP) is 2.45. The van der Waals surface area contributed by atoms with E-state index in [1.807, 2.05) is 6.92 Å². The summed E-state index contributed by atoms with van der Waals surface area (Å²) < 4.78 is 10.1. The Bertz CT molecular complexity index is 277. The molecule has 0 atom stereocenters. The second kappa shape index (κ2) is 6.03. The summed E-state index contributed by atoms with van der Waals surface area (Å²) in [5.74, 6) is -0.777. The standard InChI is InChI=1S/C13H22O4/c1-4-13(2,3)12(15)16-9-11(14)17-10-7-5-6-8-10/h10H,4-9H2,1-3H3. The molecule has 0 amide bonds. The van der Waals surface area contributed by atoms with Gasteiger partial charge in [0.15, 0.2) is 6.61 Å². The highest BCUT2D eigenvalue weighted by molar-refractivity contribution is 5.79. The first-order valence-corrected chi connectivity index (χ1v) is 6.32. The van der Waals surface area contributed by atoms with E-state index in [4.69, 9.17) is 9.47 Å². The normalized spacial score (nSPS) is 16.9. The lowest BCUT2D eigenvalue weighted by molar-refractivity contribution is -0.167. The molecule has 0 heterocycles. The molecule has 0 bridgehead atoms. The summed E-state index contributed by atoms with van der Waals surface area (Å²) in [5.41, 5.74) is -0.534. The van der Waals surface area contributed by atoms with Crippen molar-refractivity contribution in [1.29, 1.82) is 0 Å². The van der Waals surface area contributed by atoms with Gasteiger partial charge in [-0.2, -0.15) is 0 Å². The summed E-state index contributed by atoms with van der Waals surface area (Å²) in [7, 11) is 0. The number of ether oxygens (including phenoxy) is 2. The molecule has 98 valence electrons. The first-order chi connectivity index (χ1) is 7.95. The van der Waals surface area contributed by atoms with Gasteiger partial charge < -0.3 is 9.47 Å². The van der Waals surface area contributed by atoms with Gasteiger partial charge in [0.25, 0.3) is 0 Å². The van der Waals surface area contributed by atoms with Crippen molar-refractivity contribution in [2.24, 2.45) is 5.41 Å². The van der Waals surface area contributed by atoms with Crippen LogP contribution in [-0.2, 0) is 19.1 Å². The van der Waals surface area contributed by atoms with E-state index in [1.54, 1.807) is 13.8 Å². The first-order valence-electron chi connectivity index (χ1n) is 6.32. The highest BCUT2D eigenvalue weighted by Gasteiger charge is 2.28. The van der Waals surface area contributed by atoms with Gasteiger partial charge in [-0.1, -0.05) is 6.92 Å². The van der Waals surface area contributed by atoms with Crippen molar-refractivity contribution in [2.45, 2.75) is 59.0 Å². The minimum absolute atomic E-state index is 0.0281. The molecule has 0 aromatic carbocycles. The molecule has 1 rings (SSSR count). The van der Waals surface area contributed by atoms with Gasteiger partial charge in [-0.25, -0.2) is 4.79 Å². The zero-order valence-corrected chi connectivity index (χ0v) is 11.0. The minimum atomic E-state index is -0.534. The van der Waals surface area contributed by atoms with E-state index in [0.29, 0.717) is 6.42 Å². The molecule has 0 unspecified atom stereocenters. The van der Waals surface area contributed by atoms with Crippen LogP contribution in [0.25, 0.3) is 0 Å². The third kappa shape index (κ3) is 4.36. The fourth-order valence-corrected chi connectivity index (χ4v) is 1.69. The smallest absolute Gasteiger partial charge is 0.344 e. The molecule has 1 aliphatic carbocycles. The SMILES string of the molecule is CCC(C)(C)C(=O)OCC(=O)OC1CCCC1. The number of esters is 2. The van der Waals surface area contributed by atoms with E-state index < -0.39 is 11.4 Å². The predicted molar refractivity (Wildman–Crippen MR) is 63.4 cm³/mol. The zero-order valence-electron chi connectivity index (χ0n) is 11.0. The van der Waals surface area contributed by atoms with Crippen molar-refractivity contribution in [3.05, 3.63) is 0 Å². The van der Waals surface area contributed by atoms with E-state index in [1.165, 1.54) is 0 Å². The number of hydrogen-bond acceptors (Lipinski definition) is 4. The second-order valence-corrected chi connectivity index (χ2v) is 5.21. The third-order valence-electron chi connectivity index (χ3n) is 3.36. The maximum atomic E-state index is 11.6. The molecule has 0 N–H and O–H groups in total. The highest BCUT2D eigenvalue weighted by Crippen LogP contribution is 2.22. The van der Waals surface area contributed by atoms with Crippen LogP contribution in [0.5, 0.6) is 0 Å². The molecule has 4 nitrogen and oxygen atoms in total. The number of carbonyl (C=O) groups excluding carboxylic acids is 2. The molecule has 0 saturated heterocycles. The molecule has 0 aliphatic heterocycles. The topological polar surface area (TPSA) is 52.6 Å². The van der Waals surface area contributed by atoms with Gasteiger partial charge in [-0.05, 0) is 46.0 Å². The maximum Gasteiger partial charge on any atom is 0.344 e. The maximum absolute atomic E-state index is 11.6. The Kier molecular flexibility index (Phi) is 4.97. The molecule has 0 aromatic heterocycles. The Morgan fingerprint density at radius 2 is 1.82 bits per heavy atom. The quantitative estimate of drug-likeness (QED) is 0.695. The molecule has 0 aromatic rings. The Morgan fingerprint density at radius 3 is 2.35 bits per heavy atom. The lowest BCUT2D eigenvalue weighted by Crippen LogP contribution is -2.29. The van der Waals surface area contributed by atoms with Crippen LogP contribution in [0.15, 0.2) is 0 Å². The van der Waals surface area contributed by atoms with Crippen molar-refractivity contribution in [3.63, 3.8) is 0 Å². The van der Waals surface area contributed by atoms with Crippen LogP contribution in [0.4, 0.5) is 0 Å². The zero-order chi connectivity index (χ0) is 12.9. The first kappa shape index (κ1) is 14.0. The Hall–Kier alpha value is -1.06. The fourth-order valence-electron chi connectivity index (χ4n) is 1.69. The summed E-state index contributed by atoms with van der Waals surface area (Å²) in [6, 6.07) is 0. The van der Waals surface area contributed by atoms with Gasteiger partial charge in [0, 0.05) is 0 Å². The molecule has 1 fully saturated rings. The molecule has 0 spiro atoms. The molecular formula is C13H22O4. The average molecular weight is 242 g/mol. The summed E-state index contributed by atoms with van der Waals surface area (Å²) in [6.45, 7) is 5.26. The Balaban J connectivity index is 2.25. The van der Waals surface area contributed by atoms with Gasteiger partial charge in [0.05, 0.1) is 5.41 Å². The number of rotatable bonds is 5. The fraction of sp³-hybridized carbons (Fsp3) is 0.846. The van der Waals surface area contributed by atoms with Crippen molar-refractivity contribution in [2.75, 3.05) is 6.61 Å². The van der Waals surface area contributed by atoms with E-state index >= 15 is 0 Å². The highest BCUT2D eigenvalue weighted by atomic mass is 16.6. The summed E-state index contributed by atoms with van der Waals surface area (Å²) >= 11 is 0. The van der Waals surface area contributed by atoms with Crippen LogP contribution in [0.3, 0.4) is 0 Å². The van der Waals surface area contributed by atoms with Crippen molar-refractivity contribution >= 4 is 11.9 Å². The molecule has 1 saturated carbocycles. The van der Waals surface area contributed by atoms with Gasteiger partial charge in [-0.3, -0.25) is 4.79 Å². The van der Waals surface area contributed by atoms with Gasteiger partial charge in [-0.15, -0.1) is 0 Å². The van der Waals surface area contributed by atoms with Gasteiger partial charge >= 0.3 is 11.9 Å². The van der Waals surface area contributed by atoms with E-state index in [2.05, 4.69) is 0 Å². The number of hydrogen-bond donors (Lipinski definition) is 0. The van der Waals surface area contributed by atoms with Crippen LogP contribution < -0.4 is 0 Å². The Morgan fingerprint density at radius 1 is 1.24 bits per heavy atom. The molecule has 4 heteroatoms.